The van der Waals surface area contributed by atoms with Crippen LogP contribution in [0.5, 0.6) is 23.0 Å². The predicted molar refractivity (Wildman–Crippen MR) is 219 cm³/mol. The fourth-order valence-corrected chi connectivity index (χ4v) is 9.46. The Morgan fingerprint density at radius 1 is 0.611 bits per heavy atom. The summed E-state index contributed by atoms with van der Waals surface area (Å²) in [6.07, 6.45) is 2.23. The summed E-state index contributed by atoms with van der Waals surface area (Å²) in [4.78, 5) is 2.28. The van der Waals surface area contributed by atoms with Crippen LogP contribution in [0, 0.1) is 0 Å². The number of para-hydroxylation sites is 2. The largest absolute Gasteiger partial charge is 0.456 e. The summed E-state index contributed by atoms with van der Waals surface area (Å²) in [5, 5.41) is 2.26. The Bertz CT molecular complexity index is 2910. The van der Waals surface area contributed by atoms with Gasteiger partial charge in [0.25, 0.3) is 0 Å². The van der Waals surface area contributed by atoms with E-state index in [1.165, 1.54) is 33.4 Å². The van der Waals surface area contributed by atoms with Crippen LogP contribution < -0.4 is 14.4 Å². The van der Waals surface area contributed by atoms with Gasteiger partial charge in [0, 0.05) is 23.0 Å². The Morgan fingerprint density at radius 3 is 2.11 bits per heavy atom. The standard InChI is InChI=1S/C50H35NO3/c1-4-38-30(3)33-14-6-9-18-39(33)50(38)40-19-10-7-15-35(40)37-28-46-47(29-41(37)50)53-45-23-13-20-42(49(45)54-46)51(5-2)32-26-24-31(25-27-32)34-17-12-22-44-48(34)36-16-8-11-21-43(36)52-44/h4,6-29H,3,5H2,1-2H3/b38-4+. The van der Waals surface area contributed by atoms with Gasteiger partial charge in [0.15, 0.2) is 23.0 Å². The van der Waals surface area contributed by atoms with E-state index in [0.29, 0.717) is 23.0 Å². The van der Waals surface area contributed by atoms with Gasteiger partial charge in [0.2, 0.25) is 0 Å². The molecule has 1 unspecified atom stereocenters. The zero-order chi connectivity index (χ0) is 36.1. The molecule has 3 aliphatic rings. The highest BCUT2D eigenvalue weighted by atomic mass is 16.6. The Hall–Kier alpha value is -6.78. The van der Waals surface area contributed by atoms with E-state index in [2.05, 4.69) is 147 Å². The topological polar surface area (TPSA) is 34.8 Å². The number of furan rings is 1. The zero-order valence-electron chi connectivity index (χ0n) is 30.0. The van der Waals surface area contributed by atoms with Crippen molar-refractivity contribution in [1.82, 2.24) is 0 Å². The van der Waals surface area contributed by atoms with E-state index in [9.17, 15) is 0 Å². The Balaban J connectivity index is 0.993. The van der Waals surface area contributed by atoms with Crippen LogP contribution in [0.15, 0.2) is 168 Å². The molecule has 1 spiro atoms. The van der Waals surface area contributed by atoms with E-state index >= 15 is 0 Å². The average molecular weight is 698 g/mol. The molecule has 7 aromatic carbocycles. The van der Waals surface area contributed by atoms with Gasteiger partial charge >= 0.3 is 0 Å². The molecule has 2 heterocycles. The monoisotopic (exact) mass is 697 g/mol. The number of ether oxygens (including phenoxy) is 2. The number of anilines is 2. The van der Waals surface area contributed by atoms with Gasteiger partial charge in [-0.05, 0) is 118 Å². The van der Waals surface area contributed by atoms with Crippen molar-refractivity contribution >= 4 is 38.9 Å². The van der Waals surface area contributed by atoms with Crippen molar-refractivity contribution in [2.75, 3.05) is 11.4 Å². The molecule has 0 radical (unpaired) electrons. The number of allylic oxidation sites excluding steroid dienone is 3. The molecule has 0 amide bonds. The number of rotatable bonds is 4. The number of benzene rings is 7. The van der Waals surface area contributed by atoms with Gasteiger partial charge in [-0.2, -0.15) is 0 Å². The van der Waals surface area contributed by atoms with E-state index in [0.717, 1.165) is 62.1 Å². The smallest absolute Gasteiger partial charge is 0.193 e. The maximum atomic E-state index is 6.91. The fraction of sp³-hybridized carbons (Fsp3) is 0.0800. The minimum Gasteiger partial charge on any atom is -0.456 e. The first kappa shape index (κ1) is 30.8. The number of hydrogen-bond acceptors (Lipinski definition) is 4. The van der Waals surface area contributed by atoms with E-state index in [-0.39, 0.29) is 0 Å². The first-order valence-electron chi connectivity index (χ1n) is 18.6. The zero-order valence-corrected chi connectivity index (χ0v) is 30.0. The molecule has 0 fully saturated rings. The van der Waals surface area contributed by atoms with Crippen LogP contribution in [0.1, 0.15) is 36.1 Å². The SMILES string of the molecule is C=C1/C(=C\C)C2(c3ccccc31)c1ccccc1-c1cc3c(cc12)Oc1cccc(N(CC)c2ccc(-c4cccc5oc6ccccc6c45)cc2)c1O3. The van der Waals surface area contributed by atoms with Gasteiger partial charge in [0.05, 0.1) is 11.1 Å². The molecular weight excluding hydrogens is 663 g/mol. The third kappa shape index (κ3) is 4.02. The molecule has 54 heavy (non-hydrogen) atoms. The van der Waals surface area contributed by atoms with E-state index in [4.69, 9.17) is 13.9 Å². The summed E-state index contributed by atoms with van der Waals surface area (Å²) in [6.45, 7) is 9.63. The molecule has 0 N–H and O–H groups in total. The number of hydrogen-bond donors (Lipinski definition) is 0. The minimum absolute atomic E-state index is 0.476. The van der Waals surface area contributed by atoms with Crippen molar-refractivity contribution in [3.8, 4) is 45.3 Å². The van der Waals surface area contributed by atoms with Gasteiger partial charge in [0.1, 0.15) is 11.2 Å². The van der Waals surface area contributed by atoms with E-state index in [1.54, 1.807) is 0 Å². The molecule has 8 aromatic rings. The predicted octanol–water partition coefficient (Wildman–Crippen LogP) is 13.6. The molecular formula is C50H35NO3. The lowest BCUT2D eigenvalue weighted by Crippen LogP contribution is -2.26. The normalized spacial score (nSPS) is 16.9. The average Bonchev–Trinajstić information content (AvgIpc) is 3.83. The van der Waals surface area contributed by atoms with E-state index in [1.807, 2.05) is 30.3 Å². The van der Waals surface area contributed by atoms with Crippen molar-refractivity contribution in [2.45, 2.75) is 19.3 Å². The first-order valence-corrected chi connectivity index (χ1v) is 18.6. The second-order valence-corrected chi connectivity index (χ2v) is 14.2. The maximum absolute atomic E-state index is 6.91. The number of nitrogens with zero attached hydrogens (tertiary/aromatic N) is 1. The van der Waals surface area contributed by atoms with E-state index < -0.39 is 5.41 Å². The van der Waals surface area contributed by atoms with Crippen LogP contribution in [-0.4, -0.2) is 6.54 Å². The van der Waals surface area contributed by atoms with Crippen LogP contribution in [0.2, 0.25) is 0 Å². The highest BCUT2D eigenvalue weighted by Crippen LogP contribution is 2.65. The highest BCUT2D eigenvalue weighted by Gasteiger charge is 2.53. The van der Waals surface area contributed by atoms with Crippen molar-refractivity contribution < 1.29 is 13.9 Å². The van der Waals surface area contributed by atoms with Gasteiger partial charge in [-0.25, -0.2) is 0 Å². The summed E-state index contributed by atoms with van der Waals surface area (Å²) in [5.74, 6) is 2.82. The van der Waals surface area contributed by atoms with Crippen LogP contribution in [0.3, 0.4) is 0 Å². The lowest BCUT2D eigenvalue weighted by atomic mass is 9.70. The second kappa shape index (κ2) is 11.4. The maximum Gasteiger partial charge on any atom is 0.193 e. The minimum atomic E-state index is -0.476. The second-order valence-electron chi connectivity index (χ2n) is 14.2. The molecule has 4 heteroatoms. The molecule has 0 saturated carbocycles. The third-order valence-corrected chi connectivity index (χ3v) is 11.7. The van der Waals surface area contributed by atoms with Crippen molar-refractivity contribution in [2.24, 2.45) is 0 Å². The molecule has 0 bridgehead atoms. The van der Waals surface area contributed by atoms with Gasteiger partial charge in [-0.3, -0.25) is 0 Å². The van der Waals surface area contributed by atoms with Crippen LogP contribution in [0.4, 0.5) is 11.4 Å². The van der Waals surface area contributed by atoms with Crippen LogP contribution in [-0.2, 0) is 5.41 Å². The van der Waals surface area contributed by atoms with Crippen molar-refractivity contribution in [3.05, 3.63) is 186 Å². The molecule has 4 nitrogen and oxygen atoms in total. The fourth-order valence-electron chi connectivity index (χ4n) is 9.46. The molecule has 0 saturated heterocycles. The van der Waals surface area contributed by atoms with Crippen molar-refractivity contribution in [1.29, 1.82) is 0 Å². The van der Waals surface area contributed by atoms with Crippen LogP contribution >= 0.6 is 0 Å². The van der Waals surface area contributed by atoms with Gasteiger partial charge in [-0.1, -0.05) is 110 Å². The van der Waals surface area contributed by atoms with Crippen LogP contribution in [0.25, 0.3) is 49.8 Å². The molecule has 1 aliphatic heterocycles. The lowest BCUT2D eigenvalue weighted by molar-refractivity contribution is 0.359. The highest BCUT2D eigenvalue weighted by molar-refractivity contribution is 6.12. The van der Waals surface area contributed by atoms with Gasteiger partial charge < -0.3 is 18.8 Å². The van der Waals surface area contributed by atoms with Crippen molar-refractivity contribution in [3.63, 3.8) is 0 Å². The molecule has 1 aromatic heterocycles. The number of fused-ring (bicyclic) bond motifs is 12. The summed E-state index contributed by atoms with van der Waals surface area (Å²) in [7, 11) is 0. The first-order chi connectivity index (χ1) is 26.6. The molecule has 258 valence electrons. The third-order valence-electron chi connectivity index (χ3n) is 11.7. The summed E-state index contributed by atoms with van der Waals surface area (Å²) >= 11 is 0. The Labute approximate surface area is 313 Å². The Morgan fingerprint density at radius 2 is 1.30 bits per heavy atom. The lowest BCUT2D eigenvalue weighted by Gasteiger charge is -2.32. The quantitative estimate of drug-likeness (QED) is 0.183. The van der Waals surface area contributed by atoms with Gasteiger partial charge in [-0.15, -0.1) is 0 Å². The summed E-state index contributed by atoms with van der Waals surface area (Å²) in [5.41, 5.74) is 15.2. The summed E-state index contributed by atoms with van der Waals surface area (Å²) < 4.78 is 19.9. The molecule has 1 atom stereocenters. The molecule has 2 aliphatic carbocycles. The summed E-state index contributed by atoms with van der Waals surface area (Å²) in [6, 6.07) is 51.3. The Kier molecular flexibility index (Phi) is 6.48. The molecule has 11 rings (SSSR count).